The molecule has 0 aromatic heterocycles. The average molecular weight is 349 g/mol. The molecule has 0 unspecified atom stereocenters. The van der Waals surface area contributed by atoms with E-state index in [0.29, 0.717) is 12.4 Å². The zero-order valence-corrected chi connectivity index (χ0v) is 17.7. The van der Waals surface area contributed by atoms with E-state index in [2.05, 4.69) is 19.6 Å². The zero-order valence-electron chi connectivity index (χ0n) is 15.0. The molecule has 0 aromatic carbocycles. The second-order valence-electron chi connectivity index (χ2n) is 5.34. The topological polar surface area (TPSA) is 43.4 Å². The monoisotopic (exact) mass is 348 g/mol. The van der Waals surface area contributed by atoms with E-state index < -0.39 is 10.1 Å². The van der Waals surface area contributed by atoms with E-state index in [-0.39, 0.29) is 36.7 Å². The van der Waals surface area contributed by atoms with Gasteiger partial charge in [-0.3, -0.25) is 4.18 Å². The maximum Gasteiger partial charge on any atom is 1.00 e. The van der Waals surface area contributed by atoms with Crippen LogP contribution in [-0.2, 0) is 14.3 Å². The van der Waals surface area contributed by atoms with Crippen molar-refractivity contribution in [1.82, 2.24) is 0 Å². The summed E-state index contributed by atoms with van der Waals surface area (Å²) in [7, 11) is -3.32. The van der Waals surface area contributed by atoms with Gasteiger partial charge in [-0.1, -0.05) is 71.1 Å². The van der Waals surface area contributed by atoms with Crippen LogP contribution < -0.4 is 29.6 Å². The SMILES string of the molecule is CCCCCCCCCCCCCOS(=O)(=O)CCS.[H-].[Na+]. The van der Waals surface area contributed by atoms with Crippen LogP contribution in [0.25, 0.3) is 0 Å². The Bertz CT molecular complexity index is 301. The third kappa shape index (κ3) is 19.2. The normalized spacial score (nSPS) is 11.3. The predicted molar refractivity (Wildman–Crippen MR) is 91.2 cm³/mol. The van der Waals surface area contributed by atoms with Crippen molar-refractivity contribution < 1.29 is 43.6 Å². The van der Waals surface area contributed by atoms with Crippen LogP contribution in [0, 0.1) is 0 Å². The van der Waals surface area contributed by atoms with Crippen LogP contribution in [0.15, 0.2) is 0 Å². The molecule has 0 rings (SSSR count). The second kappa shape index (κ2) is 17.6. The molecular weight excluding hydrogens is 315 g/mol. The van der Waals surface area contributed by atoms with E-state index in [9.17, 15) is 8.42 Å². The van der Waals surface area contributed by atoms with Gasteiger partial charge in [0.1, 0.15) is 0 Å². The summed E-state index contributed by atoms with van der Waals surface area (Å²) in [5.41, 5.74) is 0. The molecule has 0 fully saturated rings. The fraction of sp³-hybridized carbons (Fsp3) is 1.00. The predicted octanol–water partition coefficient (Wildman–Crippen LogP) is 1.69. The van der Waals surface area contributed by atoms with E-state index in [0.717, 1.165) is 12.8 Å². The Morgan fingerprint density at radius 3 is 1.71 bits per heavy atom. The van der Waals surface area contributed by atoms with E-state index in [1.54, 1.807) is 0 Å². The van der Waals surface area contributed by atoms with Gasteiger partial charge in [-0.05, 0) is 6.42 Å². The minimum Gasteiger partial charge on any atom is -1.00 e. The molecule has 124 valence electrons. The van der Waals surface area contributed by atoms with E-state index >= 15 is 0 Å². The molecule has 0 aliphatic heterocycles. The summed E-state index contributed by atoms with van der Waals surface area (Å²) in [6.45, 7) is 2.57. The molecule has 0 amide bonds. The van der Waals surface area contributed by atoms with Crippen LogP contribution in [0.3, 0.4) is 0 Å². The Balaban J connectivity index is -0.00000180. The van der Waals surface area contributed by atoms with Crippen molar-refractivity contribution in [2.45, 2.75) is 77.6 Å². The molecule has 0 N–H and O–H groups in total. The number of hydrogen-bond donors (Lipinski definition) is 1. The van der Waals surface area contributed by atoms with Gasteiger partial charge >= 0.3 is 29.6 Å². The van der Waals surface area contributed by atoms with Crippen molar-refractivity contribution in [1.29, 1.82) is 0 Å². The van der Waals surface area contributed by atoms with Gasteiger partial charge in [0.25, 0.3) is 10.1 Å². The molecule has 6 heteroatoms. The van der Waals surface area contributed by atoms with Crippen LogP contribution in [0.5, 0.6) is 0 Å². The maximum absolute atomic E-state index is 11.2. The molecule has 0 aliphatic rings. The maximum atomic E-state index is 11.2. The third-order valence-corrected chi connectivity index (χ3v) is 5.11. The minimum absolute atomic E-state index is 0. The van der Waals surface area contributed by atoms with Crippen LogP contribution >= 0.6 is 12.6 Å². The Morgan fingerprint density at radius 2 is 1.29 bits per heavy atom. The Kier molecular flexibility index (Phi) is 20.6. The number of hydrogen-bond acceptors (Lipinski definition) is 4. The standard InChI is InChI=1S/C15H32O3S2.Na.H/c1-2-3-4-5-6-7-8-9-10-11-12-13-18-20(16,17)15-14-19;;/h19H,2-15H2,1H3;;/q;+1;-1. The van der Waals surface area contributed by atoms with Crippen LogP contribution in [0.4, 0.5) is 0 Å². The first kappa shape index (κ1) is 24.5. The van der Waals surface area contributed by atoms with E-state index in [4.69, 9.17) is 4.18 Å². The Labute approximate surface area is 161 Å². The van der Waals surface area contributed by atoms with Gasteiger partial charge in [0.2, 0.25) is 0 Å². The molecule has 0 radical (unpaired) electrons. The smallest absolute Gasteiger partial charge is 1.00 e. The largest absolute Gasteiger partial charge is 1.00 e. The first-order chi connectivity index (χ1) is 9.62. The molecular formula is C15H33NaO3S2. The number of thiol groups is 1. The summed E-state index contributed by atoms with van der Waals surface area (Å²) in [5, 5.41) is 0. The second-order valence-corrected chi connectivity index (χ2v) is 7.55. The molecule has 0 bridgehead atoms. The summed E-state index contributed by atoms with van der Waals surface area (Å²) >= 11 is 3.89. The fourth-order valence-corrected chi connectivity index (χ4v) is 3.51. The van der Waals surface area contributed by atoms with Gasteiger partial charge < -0.3 is 1.43 Å². The Morgan fingerprint density at radius 1 is 0.857 bits per heavy atom. The first-order valence-electron chi connectivity index (χ1n) is 8.10. The molecule has 0 aromatic rings. The van der Waals surface area contributed by atoms with Crippen molar-refractivity contribution in [2.24, 2.45) is 0 Å². The number of unbranched alkanes of at least 4 members (excludes halogenated alkanes) is 10. The fourth-order valence-electron chi connectivity index (χ4n) is 2.12. The van der Waals surface area contributed by atoms with Crippen molar-refractivity contribution >= 4 is 22.7 Å². The summed E-state index contributed by atoms with van der Waals surface area (Å²) in [6.07, 6.45) is 13.8. The van der Waals surface area contributed by atoms with Crippen molar-refractivity contribution in [2.75, 3.05) is 18.1 Å². The number of rotatable bonds is 15. The van der Waals surface area contributed by atoms with Gasteiger partial charge in [0.15, 0.2) is 0 Å². The molecule has 0 heterocycles. The summed E-state index contributed by atoms with van der Waals surface area (Å²) in [5.74, 6) is 0.328. The van der Waals surface area contributed by atoms with Gasteiger partial charge in [0.05, 0.1) is 12.4 Å². The van der Waals surface area contributed by atoms with Crippen LogP contribution in [0.2, 0.25) is 0 Å². The average Bonchev–Trinajstić information content (AvgIpc) is 2.40. The summed E-state index contributed by atoms with van der Waals surface area (Å²) in [6, 6.07) is 0. The van der Waals surface area contributed by atoms with Crippen LogP contribution in [-0.4, -0.2) is 26.5 Å². The van der Waals surface area contributed by atoms with Gasteiger partial charge in [0, 0.05) is 5.75 Å². The quantitative estimate of drug-likeness (QED) is 0.212. The van der Waals surface area contributed by atoms with E-state index in [1.165, 1.54) is 57.8 Å². The zero-order chi connectivity index (χ0) is 15.1. The molecule has 0 saturated heterocycles. The van der Waals surface area contributed by atoms with Crippen molar-refractivity contribution in [3.8, 4) is 0 Å². The van der Waals surface area contributed by atoms with Crippen molar-refractivity contribution in [3.63, 3.8) is 0 Å². The molecule has 0 saturated carbocycles. The van der Waals surface area contributed by atoms with Crippen molar-refractivity contribution in [3.05, 3.63) is 0 Å². The summed E-state index contributed by atoms with van der Waals surface area (Å²) < 4.78 is 27.4. The molecule has 0 spiro atoms. The van der Waals surface area contributed by atoms with Gasteiger partial charge in [-0.2, -0.15) is 21.0 Å². The Hall–Kier alpha value is 1.26. The van der Waals surface area contributed by atoms with E-state index in [1.807, 2.05) is 0 Å². The minimum atomic E-state index is -3.32. The molecule has 21 heavy (non-hydrogen) atoms. The van der Waals surface area contributed by atoms with Crippen LogP contribution in [0.1, 0.15) is 79.0 Å². The molecule has 3 nitrogen and oxygen atoms in total. The molecule has 0 atom stereocenters. The summed E-state index contributed by atoms with van der Waals surface area (Å²) in [4.78, 5) is 0. The van der Waals surface area contributed by atoms with Gasteiger partial charge in [-0.25, -0.2) is 0 Å². The molecule has 0 aliphatic carbocycles. The first-order valence-corrected chi connectivity index (χ1v) is 10.3. The third-order valence-electron chi connectivity index (χ3n) is 3.35. The van der Waals surface area contributed by atoms with Gasteiger partial charge in [-0.15, -0.1) is 0 Å².